The Bertz CT molecular complexity index is 1390. The molecule has 0 saturated carbocycles. The van der Waals surface area contributed by atoms with Crippen molar-refractivity contribution in [2.75, 3.05) is 10.8 Å². The Labute approximate surface area is 236 Å². The highest BCUT2D eigenvalue weighted by molar-refractivity contribution is 7.92. The number of nitrogens with zero attached hydrogens (tertiary/aromatic N) is 2. The molecule has 7 nitrogen and oxygen atoms in total. The number of hydrogen-bond acceptors (Lipinski definition) is 4. The van der Waals surface area contributed by atoms with Gasteiger partial charge in [-0.2, -0.15) is 0 Å². The highest BCUT2D eigenvalue weighted by Gasteiger charge is 2.32. The van der Waals surface area contributed by atoms with E-state index in [-0.39, 0.29) is 23.4 Å². The largest absolute Gasteiger partial charge is 0.352 e. The minimum absolute atomic E-state index is 0.0712. The third-order valence-electron chi connectivity index (χ3n) is 6.61. The SMILES string of the molecule is CC[C@H](C)NC(=O)[C@H](C)N(Cc1ccc(Cl)cc1)C(=O)CN(c1cccc(C)c1)S(=O)(=O)c1ccc(C)cc1. The quantitative estimate of drug-likeness (QED) is 0.331. The van der Waals surface area contributed by atoms with Crippen molar-refractivity contribution in [2.24, 2.45) is 0 Å². The maximum Gasteiger partial charge on any atom is 0.264 e. The van der Waals surface area contributed by atoms with Gasteiger partial charge < -0.3 is 10.2 Å². The molecular weight excluding hydrogens is 534 g/mol. The molecule has 0 saturated heterocycles. The molecule has 0 unspecified atom stereocenters. The number of carbonyl (C=O) groups is 2. The van der Waals surface area contributed by atoms with Gasteiger partial charge in [-0.05, 0) is 81.6 Å². The van der Waals surface area contributed by atoms with Gasteiger partial charge in [0.1, 0.15) is 12.6 Å². The second-order valence-electron chi connectivity index (χ2n) is 9.81. The van der Waals surface area contributed by atoms with Crippen molar-refractivity contribution >= 4 is 39.1 Å². The molecule has 0 fully saturated rings. The van der Waals surface area contributed by atoms with Crippen LogP contribution in [0, 0.1) is 13.8 Å². The zero-order chi connectivity index (χ0) is 28.7. The van der Waals surface area contributed by atoms with Gasteiger partial charge in [0.15, 0.2) is 0 Å². The van der Waals surface area contributed by atoms with Crippen LogP contribution in [0.1, 0.15) is 43.9 Å². The molecular formula is C30H36ClN3O4S. The number of rotatable bonds is 11. The molecule has 0 bridgehead atoms. The van der Waals surface area contributed by atoms with Gasteiger partial charge in [0, 0.05) is 17.6 Å². The number of hydrogen-bond donors (Lipinski definition) is 1. The normalized spacial score (nSPS) is 12.9. The first kappa shape index (κ1) is 30.2. The molecule has 0 heterocycles. The van der Waals surface area contributed by atoms with Crippen LogP contribution in [0.25, 0.3) is 0 Å². The second-order valence-corrected chi connectivity index (χ2v) is 12.1. The van der Waals surface area contributed by atoms with E-state index in [0.717, 1.165) is 27.4 Å². The Hall–Kier alpha value is -3.36. The van der Waals surface area contributed by atoms with Crippen LogP contribution < -0.4 is 9.62 Å². The number of sulfonamides is 1. The van der Waals surface area contributed by atoms with Crippen molar-refractivity contribution in [1.29, 1.82) is 0 Å². The Morgan fingerprint density at radius 2 is 1.56 bits per heavy atom. The van der Waals surface area contributed by atoms with Gasteiger partial charge in [0.25, 0.3) is 10.0 Å². The summed E-state index contributed by atoms with van der Waals surface area (Å²) in [4.78, 5) is 28.5. The molecule has 9 heteroatoms. The fourth-order valence-corrected chi connectivity index (χ4v) is 5.52. The van der Waals surface area contributed by atoms with E-state index >= 15 is 0 Å². The molecule has 0 aliphatic rings. The van der Waals surface area contributed by atoms with E-state index in [4.69, 9.17) is 11.6 Å². The van der Waals surface area contributed by atoms with Crippen LogP contribution >= 0.6 is 11.6 Å². The number of nitrogens with one attached hydrogen (secondary N) is 1. The lowest BCUT2D eigenvalue weighted by atomic mass is 10.1. The summed E-state index contributed by atoms with van der Waals surface area (Å²) in [6.45, 7) is 8.86. The van der Waals surface area contributed by atoms with Gasteiger partial charge in [-0.25, -0.2) is 8.42 Å². The summed E-state index contributed by atoms with van der Waals surface area (Å²) in [6, 6.07) is 19.6. The molecule has 0 aliphatic carbocycles. The van der Waals surface area contributed by atoms with Gasteiger partial charge in [-0.3, -0.25) is 13.9 Å². The maximum atomic E-state index is 13.9. The molecule has 0 spiro atoms. The Balaban J connectivity index is 2.02. The van der Waals surface area contributed by atoms with Crippen molar-refractivity contribution in [3.05, 3.63) is 94.5 Å². The van der Waals surface area contributed by atoms with Crippen LogP contribution in [0.5, 0.6) is 0 Å². The van der Waals surface area contributed by atoms with Gasteiger partial charge in [0.2, 0.25) is 11.8 Å². The average molecular weight is 570 g/mol. The van der Waals surface area contributed by atoms with Crippen LogP contribution in [-0.2, 0) is 26.2 Å². The summed E-state index contributed by atoms with van der Waals surface area (Å²) < 4.78 is 28.8. The Morgan fingerprint density at radius 3 is 2.15 bits per heavy atom. The van der Waals surface area contributed by atoms with Crippen molar-refractivity contribution in [1.82, 2.24) is 10.2 Å². The van der Waals surface area contributed by atoms with Crippen LogP contribution in [0.3, 0.4) is 0 Å². The first-order valence-corrected chi connectivity index (χ1v) is 14.7. The highest BCUT2D eigenvalue weighted by Crippen LogP contribution is 2.26. The summed E-state index contributed by atoms with van der Waals surface area (Å²) in [5.74, 6) is -0.816. The molecule has 39 heavy (non-hydrogen) atoms. The van der Waals surface area contributed by atoms with E-state index in [1.807, 2.05) is 33.8 Å². The molecule has 3 aromatic carbocycles. The van der Waals surface area contributed by atoms with Crippen molar-refractivity contribution in [2.45, 2.75) is 64.6 Å². The first-order valence-electron chi connectivity index (χ1n) is 12.9. The lowest BCUT2D eigenvalue weighted by Crippen LogP contribution is -2.52. The minimum Gasteiger partial charge on any atom is -0.352 e. The molecule has 0 radical (unpaired) electrons. The molecule has 2 atom stereocenters. The number of amides is 2. The summed E-state index contributed by atoms with van der Waals surface area (Å²) in [5, 5.41) is 3.48. The third-order valence-corrected chi connectivity index (χ3v) is 8.65. The smallest absolute Gasteiger partial charge is 0.264 e. The van der Waals surface area contributed by atoms with Gasteiger partial charge in [0.05, 0.1) is 10.6 Å². The lowest BCUT2D eigenvalue weighted by molar-refractivity contribution is -0.139. The predicted molar refractivity (Wildman–Crippen MR) is 156 cm³/mol. The van der Waals surface area contributed by atoms with Crippen LogP contribution in [0.4, 0.5) is 5.69 Å². The number of anilines is 1. The fraction of sp³-hybridized carbons (Fsp3) is 0.333. The van der Waals surface area contributed by atoms with E-state index < -0.39 is 28.5 Å². The summed E-state index contributed by atoms with van der Waals surface area (Å²) in [6.07, 6.45) is 0.736. The van der Waals surface area contributed by atoms with E-state index in [1.54, 1.807) is 61.5 Å². The topological polar surface area (TPSA) is 86.8 Å². The van der Waals surface area contributed by atoms with E-state index in [2.05, 4.69) is 5.32 Å². The fourth-order valence-electron chi connectivity index (χ4n) is 3.98. The number of halogens is 1. The van der Waals surface area contributed by atoms with E-state index in [9.17, 15) is 18.0 Å². The van der Waals surface area contributed by atoms with Crippen molar-refractivity contribution in [3.8, 4) is 0 Å². The summed E-state index contributed by atoms with van der Waals surface area (Å²) in [5.41, 5.74) is 2.90. The number of carbonyl (C=O) groups excluding carboxylic acids is 2. The minimum atomic E-state index is -4.10. The summed E-state index contributed by atoms with van der Waals surface area (Å²) in [7, 11) is -4.10. The predicted octanol–water partition coefficient (Wildman–Crippen LogP) is 5.48. The van der Waals surface area contributed by atoms with E-state index in [1.165, 1.54) is 17.0 Å². The third kappa shape index (κ3) is 7.83. The number of aryl methyl sites for hydroxylation is 2. The van der Waals surface area contributed by atoms with E-state index in [0.29, 0.717) is 10.7 Å². The van der Waals surface area contributed by atoms with Gasteiger partial charge in [-0.15, -0.1) is 0 Å². The molecule has 1 N–H and O–H groups in total. The number of benzene rings is 3. The highest BCUT2D eigenvalue weighted by atomic mass is 35.5. The lowest BCUT2D eigenvalue weighted by Gasteiger charge is -2.32. The molecule has 0 aromatic heterocycles. The molecule has 2 amide bonds. The first-order chi connectivity index (χ1) is 18.4. The zero-order valence-electron chi connectivity index (χ0n) is 23.0. The van der Waals surface area contributed by atoms with Gasteiger partial charge >= 0.3 is 0 Å². The van der Waals surface area contributed by atoms with Crippen molar-refractivity contribution in [3.63, 3.8) is 0 Å². The monoisotopic (exact) mass is 569 g/mol. The van der Waals surface area contributed by atoms with Crippen LogP contribution in [-0.4, -0.2) is 43.8 Å². The molecule has 3 aromatic rings. The van der Waals surface area contributed by atoms with Crippen LogP contribution in [0.15, 0.2) is 77.7 Å². The molecule has 0 aliphatic heterocycles. The molecule has 208 valence electrons. The van der Waals surface area contributed by atoms with Crippen molar-refractivity contribution < 1.29 is 18.0 Å². The van der Waals surface area contributed by atoms with Gasteiger partial charge in [-0.1, -0.05) is 60.5 Å². The Kier molecular flexibility index (Phi) is 10.2. The molecule has 3 rings (SSSR count). The standard InChI is InChI=1S/C30H36ClN3O4S/c1-6-23(4)32-30(36)24(5)33(19-25-12-14-26(31)15-13-25)29(35)20-34(27-9-7-8-22(3)18-27)39(37,38)28-16-10-21(2)11-17-28/h7-18,23-24H,6,19-20H2,1-5H3,(H,32,36)/t23-,24-/m0/s1. The summed E-state index contributed by atoms with van der Waals surface area (Å²) >= 11 is 6.05. The van der Waals surface area contributed by atoms with Crippen LogP contribution in [0.2, 0.25) is 5.02 Å². The Morgan fingerprint density at radius 1 is 0.923 bits per heavy atom. The maximum absolute atomic E-state index is 13.9. The zero-order valence-corrected chi connectivity index (χ0v) is 24.6. The second kappa shape index (κ2) is 13.1. The average Bonchev–Trinajstić information content (AvgIpc) is 2.90.